The molecule has 7 heterocycles. The summed E-state index contributed by atoms with van der Waals surface area (Å²) in [6.07, 6.45) is 0.747. The molecule has 0 unspecified atom stereocenters. The van der Waals surface area contributed by atoms with Gasteiger partial charge in [0.2, 0.25) is 5.91 Å². The normalized spacial score (nSPS) is 22.4. The first-order valence-electron chi connectivity index (χ1n) is 16.5. The lowest BCUT2D eigenvalue weighted by Gasteiger charge is -2.31. The zero-order valence-corrected chi connectivity index (χ0v) is 28.9. The number of fused-ring (bicyclic) bond motifs is 2. The van der Waals surface area contributed by atoms with Crippen molar-refractivity contribution in [2.24, 2.45) is 0 Å². The number of likely N-dealkylation sites (tertiary alicyclic amines) is 1. The van der Waals surface area contributed by atoms with Crippen LogP contribution >= 0.6 is 11.5 Å². The Kier molecular flexibility index (Phi) is 9.02. The number of nitrogen functional groups attached to an aromatic ring is 1. The Hall–Kier alpha value is -4.58. The lowest BCUT2D eigenvalue weighted by Crippen LogP contribution is -2.43. The number of pyridine rings is 2. The molecule has 18 heteroatoms. The Bertz CT molecular complexity index is 2030. The van der Waals surface area contributed by atoms with Crippen molar-refractivity contribution in [3.8, 4) is 17.4 Å². The van der Waals surface area contributed by atoms with Crippen LogP contribution in [0, 0.1) is 19.7 Å². The molecule has 0 aromatic carbocycles. The standard InChI is InChI=1S/C33H35F5N10O2S/c1-17-11-22(39)42-28(25(17)33(36,37)38)29-26(35)27-21(13-40-29)30(44-31(43-27)50-16-32-8-4-9-48(32)14-19(34)12-32)46(3)20-7-10-47(15-20)24(49)6-5-23-41-18(2)45-51-23/h5-6,11,13,19-20H,4,7-10,12,14-16H2,1-3H3,(H2,39,42)/b6-5+/t19-,20-,32+/m1/s1. The van der Waals surface area contributed by atoms with Gasteiger partial charge in [-0.25, -0.2) is 18.7 Å². The van der Waals surface area contributed by atoms with Crippen LogP contribution < -0.4 is 15.4 Å². The van der Waals surface area contributed by atoms with Gasteiger partial charge in [-0.3, -0.25) is 14.7 Å². The van der Waals surface area contributed by atoms with Gasteiger partial charge in [-0.05, 0) is 68.9 Å². The Morgan fingerprint density at radius 2 is 1.98 bits per heavy atom. The Labute approximate surface area is 293 Å². The lowest BCUT2D eigenvalue weighted by atomic mass is 9.95. The third-order valence-corrected chi connectivity index (χ3v) is 10.7. The third kappa shape index (κ3) is 6.66. The zero-order valence-electron chi connectivity index (χ0n) is 28.0. The second-order valence-corrected chi connectivity index (χ2v) is 14.1. The van der Waals surface area contributed by atoms with Gasteiger partial charge in [0.05, 0.1) is 16.5 Å². The minimum absolute atomic E-state index is 0.0437. The molecule has 12 nitrogen and oxygen atoms in total. The SMILES string of the molecule is Cc1nsc(/C=C/C(=O)N2CC[C@@H](N(C)c3nc(OC[C@@]45CCCN4C[C@H](F)C5)nc4c(F)c(-c5nc(N)cc(C)c5C(F)(F)F)ncc34)C2)n1. The molecule has 0 aliphatic carbocycles. The number of hydrogen-bond acceptors (Lipinski definition) is 12. The van der Waals surface area contributed by atoms with Gasteiger partial charge >= 0.3 is 12.2 Å². The number of likely N-dealkylation sites (N-methyl/N-ethyl adjacent to an activating group) is 1. The number of nitrogens with zero attached hydrogens (tertiary/aromatic N) is 9. The van der Waals surface area contributed by atoms with Gasteiger partial charge in [0, 0.05) is 51.4 Å². The molecular formula is C33H35F5N10O2S. The number of halogens is 5. The number of amides is 1. The summed E-state index contributed by atoms with van der Waals surface area (Å²) in [6, 6.07) is 0.560. The molecule has 1 amide bonds. The minimum Gasteiger partial charge on any atom is -0.461 e. The average molecular weight is 731 g/mol. The molecule has 3 fully saturated rings. The molecule has 4 aromatic rings. The van der Waals surface area contributed by atoms with Crippen LogP contribution in [0.2, 0.25) is 0 Å². The molecule has 0 bridgehead atoms. The first-order chi connectivity index (χ1) is 24.2. The van der Waals surface area contributed by atoms with E-state index < -0.39 is 40.7 Å². The number of nitrogens with two attached hydrogens (primary N) is 1. The first kappa shape index (κ1) is 34.9. The van der Waals surface area contributed by atoms with Crippen molar-refractivity contribution >= 4 is 46.1 Å². The van der Waals surface area contributed by atoms with Crippen LogP contribution in [0.5, 0.6) is 6.01 Å². The fraction of sp³-hybridized carbons (Fsp3) is 0.485. The van der Waals surface area contributed by atoms with Crippen molar-refractivity contribution in [3.63, 3.8) is 0 Å². The van der Waals surface area contributed by atoms with Gasteiger partial charge in [-0.2, -0.15) is 27.5 Å². The Morgan fingerprint density at radius 3 is 2.73 bits per heavy atom. The average Bonchev–Trinajstić information content (AvgIpc) is 3.86. The summed E-state index contributed by atoms with van der Waals surface area (Å²) in [6.45, 7) is 4.77. The van der Waals surface area contributed by atoms with E-state index in [9.17, 15) is 22.4 Å². The molecule has 2 N–H and O–H groups in total. The highest BCUT2D eigenvalue weighted by molar-refractivity contribution is 7.06. The minimum atomic E-state index is -4.88. The van der Waals surface area contributed by atoms with Crippen molar-refractivity contribution < 1.29 is 31.5 Å². The van der Waals surface area contributed by atoms with E-state index in [0.717, 1.165) is 19.0 Å². The van der Waals surface area contributed by atoms with E-state index in [-0.39, 0.29) is 59.1 Å². The maximum atomic E-state index is 16.6. The summed E-state index contributed by atoms with van der Waals surface area (Å²) in [7, 11) is 1.72. The van der Waals surface area contributed by atoms with Crippen molar-refractivity contribution in [3.05, 3.63) is 46.1 Å². The third-order valence-electron chi connectivity index (χ3n) is 9.89. The summed E-state index contributed by atoms with van der Waals surface area (Å²) in [5.41, 5.74) is 2.05. The lowest BCUT2D eigenvalue weighted by molar-refractivity contribution is -0.137. The molecule has 3 atom stereocenters. The summed E-state index contributed by atoms with van der Waals surface area (Å²) in [5.74, 6) is -0.802. The number of rotatable bonds is 8. The van der Waals surface area contributed by atoms with Crippen LogP contribution in [-0.2, 0) is 11.0 Å². The summed E-state index contributed by atoms with van der Waals surface area (Å²) in [4.78, 5) is 39.7. The van der Waals surface area contributed by atoms with E-state index in [1.54, 1.807) is 29.8 Å². The molecular weight excluding hydrogens is 695 g/mol. The number of alkyl halides is 4. The van der Waals surface area contributed by atoms with E-state index in [1.165, 1.54) is 30.7 Å². The maximum absolute atomic E-state index is 16.6. The Balaban J connectivity index is 1.25. The summed E-state index contributed by atoms with van der Waals surface area (Å²) < 4.78 is 84.0. The number of ether oxygens (including phenoxy) is 1. The van der Waals surface area contributed by atoms with E-state index in [0.29, 0.717) is 43.3 Å². The molecule has 51 heavy (non-hydrogen) atoms. The van der Waals surface area contributed by atoms with Crippen molar-refractivity contribution in [2.75, 3.05) is 50.5 Å². The fourth-order valence-corrected chi connectivity index (χ4v) is 8.02. The van der Waals surface area contributed by atoms with Gasteiger partial charge in [-0.15, -0.1) is 0 Å². The molecule has 0 spiro atoms. The van der Waals surface area contributed by atoms with Crippen molar-refractivity contribution in [1.29, 1.82) is 0 Å². The van der Waals surface area contributed by atoms with Crippen LogP contribution in [0.3, 0.4) is 0 Å². The molecule has 0 radical (unpaired) electrons. The molecule has 3 aliphatic rings. The van der Waals surface area contributed by atoms with Crippen LogP contribution in [0.25, 0.3) is 28.4 Å². The highest BCUT2D eigenvalue weighted by Crippen LogP contribution is 2.42. The molecule has 3 aliphatic heterocycles. The number of aryl methyl sites for hydroxylation is 2. The van der Waals surface area contributed by atoms with Crippen LogP contribution in [0.4, 0.5) is 33.6 Å². The number of anilines is 2. The van der Waals surface area contributed by atoms with Crippen molar-refractivity contribution in [2.45, 2.75) is 63.5 Å². The van der Waals surface area contributed by atoms with Gasteiger partial charge in [0.25, 0.3) is 0 Å². The van der Waals surface area contributed by atoms with E-state index in [4.69, 9.17) is 10.5 Å². The monoisotopic (exact) mass is 730 g/mol. The number of carbonyl (C=O) groups excluding carboxylic acids is 1. The van der Waals surface area contributed by atoms with Crippen LogP contribution in [0.15, 0.2) is 18.3 Å². The molecule has 3 saturated heterocycles. The quantitative estimate of drug-likeness (QED) is 0.194. The number of carbonyl (C=O) groups is 1. The summed E-state index contributed by atoms with van der Waals surface area (Å²) >= 11 is 1.18. The number of aromatic nitrogens is 6. The molecule has 0 saturated carbocycles. The zero-order chi connectivity index (χ0) is 36.2. The van der Waals surface area contributed by atoms with Gasteiger partial charge in [-0.1, -0.05) is 0 Å². The first-order valence-corrected chi connectivity index (χ1v) is 17.2. The van der Waals surface area contributed by atoms with E-state index in [1.807, 2.05) is 4.90 Å². The Morgan fingerprint density at radius 1 is 1.18 bits per heavy atom. The molecule has 7 rings (SSSR count). The summed E-state index contributed by atoms with van der Waals surface area (Å²) in [5, 5.41) is 0.718. The largest absolute Gasteiger partial charge is 0.461 e. The van der Waals surface area contributed by atoms with Crippen LogP contribution in [-0.4, -0.2) is 103 Å². The second-order valence-electron chi connectivity index (χ2n) is 13.3. The second kappa shape index (κ2) is 13.2. The fourth-order valence-electron chi connectivity index (χ4n) is 7.45. The van der Waals surface area contributed by atoms with Gasteiger partial charge in [0.1, 0.15) is 52.2 Å². The topological polar surface area (TPSA) is 139 Å². The van der Waals surface area contributed by atoms with E-state index >= 15 is 4.39 Å². The number of hydrogen-bond donors (Lipinski definition) is 1. The maximum Gasteiger partial charge on any atom is 0.418 e. The molecule has 4 aromatic heterocycles. The van der Waals surface area contributed by atoms with Crippen molar-refractivity contribution in [1.82, 2.24) is 39.1 Å². The van der Waals surface area contributed by atoms with Gasteiger partial charge in [0.15, 0.2) is 5.82 Å². The van der Waals surface area contributed by atoms with E-state index in [2.05, 4.69) is 29.3 Å². The predicted molar refractivity (Wildman–Crippen MR) is 180 cm³/mol. The predicted octanol–water partition coefficient (Wildman–Crippen LogP) is 5.00. The van der Waals surface area contributed by atoms with Gasteiger partial charge < -0.3 is 20.3 Å². The highest BCUT2D eigenvalue weighted by Gasteiger charge is 2.49. The highest BCUT2D eigenvalue weighted by atomic mass is 32.1. The molecule has 270 valence electrons. The van der Waals surface area contributed by atoms with Crippen LogP contribution in [0.1, 0.15) is 47.6 Å². The smallest absolute Gasteiger partial charge is 0.418 e.